The molecule has 0 saturated carbocycles. The van der Waals surface area contributed by atoms with Gasteiger partial charge in [0, 0.05) is 31.0 Å². The second-order valence-corrected chi connectivity index (χ2v) is 6.25. The zero-order chi connectivity index (χ0) is 19.8. The normalized spacial score (nSPS) is 10.2. The lowest BCUT2D eigenvalue weighted by molar-refractivity contribution is 0.252. The van der Waals surface area contributed by atoms with Crippen molar-refractivity contribution in [2.45, 2.75) is 13.8 Å². The molecule has 0 saturated heterocycles. The van der Waals surface area contributed by atoms with E-state index in [0.29, 0.717) is 24.7 Å². The predicted molar refractivity (Wildman–Crippen MR) is 111 cm³/mol. The van der Waals surface area contributed by atoms with Gasteiger partial charge in [-0.2, -0.15) is 0 Å². The fourth-order valence-corrected chi connectivity index (χ4v) is 2.50. The van der Waals surface area contributed by atoms with Gasteiger partial charge >= 0.3 is 6.03 Å². The largest absolute Gasteiger partial charge is 0.368 e. The first-order chi connectivity index (χ1) is 13.6. The molecule has 1 aromatic carbocycles. The Bertz CT molecular complexity index is 945. The first-order valence-electron chi connectivity index (χ1n) is 8.96. The number of hydrogen-bond donors (Lipinski definition) is 4. The minimum Gasteiger partial charge on any atom is -0.368 e. The smallest absolute Gasteiger partial charge is 0.319 e. The molecule has 0 spiro atoms. The maximum absolute atomic E-state index is 12.0. The molecular formula is C20H23N7O. The molecule has 3 aromatic rings. The standard InChI is InChI=1S/C20H23N7O/c1-14-7-8-21-18(11-14)27-19-12-17(24-13-25-19)22-9-10-23-20(28)26-16-6-4-3-5-15(16)2/h3-8,11-13H,9-10H2,1-2H3,(H2,23,26,28)(H2,21,22,24,25,27). The van der Waals surface area contributed by atoms with Crippen molar-refractivity contribution in [3.63, 3.8) is 0 Å². The van der Waals surface area contributed by atoms with E-state index in [1.807, 2.05) is 50.2 Å². The average molecular weight is 377 g/mol. The number of amides is 2. The molecule has 144 valence electrons. The number of urea groups is 1. The number of aromatic nitrogens is 3. The SMILES string of the molecule is Cc1ccnc(Nc2cc(NCCNC(=O)Nc3ccccc3C)ncn2)c1. The molecule has 3 rings (SSSR count). The minimum absolute atomic E-state index is 0.244. The number of para-hydroxylation sites is 1. The molecule has 0 aliphatic heterocycles. The van der Waals surface area contributed by atoms with Crippen molar-refractivity contribution in [3.05, 3.63) is 66.1 Å². The summed E-state index contributed by atoms with van der Waals surface area (Å²) in [6, 6.07) is 13.0. The van der Waals surface area contributed by atoms with Gasteiger partial charge in [0.05, 0.1) is 0 Å². The number of nitrogens with one attached hydrogen (secondary N) is 4. The molecular weight excluding hydrogens is 354 g/mol. The van der Waals surface area contributed by atoms with E-state index in [1.54, 1.807) is 12.3 Å². The van der Waals surface area contributed by atoms with Crippen LogP contribution in [-0.4, -0.2) is 34.1 Å². The second kappa shape index (κ2) is 9.31. The molecule has 0 unspecified atom stereocenters. The van der Waals surface area contributed by atoms with Gasteiger partial charge in [-0.05, 0) is 43.2 Å². The highest BCUT2D eigenvalue weighted by molar-refractivity contribution is 5.90. The Kier molecular flexibility index (Phi) is 6.35. The van der Waals surface area contributed by atoms with Gasteiger partial charge in [0.2, 0.25) is 0 Å². The van der Waals surface area contributed by atoms with Crippen LogP contribution in [-0.2, 0) is 0 Å². The van der Waals surface area contributed by atoms with Gasteiger partial charge < -0.3 is 21.3 Å². The van der Waals surface area contributed by atoms with Crippen molar-refractivity contribution in [2.75, 3.05) is 29.0 Å². The summed E-state index contributed by atoms with van der Waals surface area (Å²) in [5, 5.41) is 11.9. The highest BCUT2D eigenvalue weighted by Crippen LogP contribution is 2.15. The van der Waals surface area contributed by atoms with E-state index >= 15 is 0 Å². The molecule has 0 aliphatic rings. The van der Waals surface area contributed by atoms with Gasteiger partial charge in [0.15, 0.2) is 0 Å². The molecule has 0 aliphatic carbocycles. The highest BCUT2D eigenvalue weighted by Gasteiger charge is 2.04. The summed E-state index contributed by atoms with van der Waals surface area (Å²) < 4.78 is 0. The van der Waals surface area contributed by atoms with Crippen molar-refractivity contribution in [1.82, 2.24) is 20.3 Å². The topological polar surface area (TPSA) is 104 Å². The lowest BCUT2D eigenvalue weighted by Gasteiger charge is -2.11. The van der Waals surface area contributed by atoms with Gasteiger partial charge in [-0.15, -0.1) is 0 Å². The van der Waals surface area contributed by atoms with Gasteiger partial charge in [-0.25, -0.2) is 19.7 Å². The molecule has 2 aromatic heterocycles. The summed E-state index contributed by atoms with van der Waals surface area (Å²) in [5.41, 5.74) is 2.92. The number of nitrogens with zero attached hydrogens (tertiary/aromatic N) is 3. The Morgan fingerprint density at radius 1 is 0.929 bits per heavy atom. The molecule has 0 fully saturated rings. The average Bonchev–Trinajstić information content (AvgIpc) is 2.67. The quantitative estimate of drug-likeness (QED) is 0.470. The van der Waals surface area contributed by atoms with Crippen LogP contribution in [0.2, 0.25) is 0 Å². The van der Waals surface area contributed by atoms with Gasteiger partial charge in [0.1, 0.15) is 23.8 Å². The summed E-state index contributed by atoms with van der Waals surface area (Å²) in [6.45, 7) is 4.93. The Balaban J connectivity index is 1.45. The third kappa shape index (κ3) is 5.66. The number of carbonyl (C=O) groups is 1. The Morgan fingerprint density at radius 2 is 1.71 bits per heavy atom. The lowest BCUT2D eigenvalue weighted by atomic mass is 10.2. The fraction of sp³-hybridized carbons (Fsp3) is 0.200. The number of carbonyl (C=O) groups excluding carboxylic acids is 1. The van der Waals surface area contributed by atoms with Crippen molar-refractivity contribution >= 4 is 29.2 Å². The predicted octanol–water partition coefficient (Wildman–Crippen LogP) is 3.47. The number of aryl methyl sites for hydroxylation is 2. The number of benzene rings is 1. The van der Waals surface area contributed by atoms with Crippen LogP contribution in [0.5, 0.6) is 0 Å². The summed E-state index contributed by atoms with van der Waals surface area (Å²) in [7, 11) is 0. The molecule has 0 bridgehead atoms. The van der Waals surface area contributed by atoms with Gasteiger partial charge in [-0.3, -0.25) is 0 Å². The summed E-state index contributed by atoms with van der Waals surface area (Å²) >= 11 is 0. The van der Waals surface area contributed by atoms with Crippen LogP contribution in [0.4, 0.5) is 27.9 Å². The van der Waals surface area contributed by atoms with Gasteiger partial charge in [-0.1, -0.05) is 18.2 Å². The van der Waals surface area contributed by atoms with Crippen molar-refractivity contribution < 1.29 is 4.79 Å². The third-order valence-electron chi connectivity index (χ3n) is 3.95. The summed E-state index contributed by atoms with van der Waals surface area (Å²) in [5.74, 6) is 2.02. The Morgan fingerprint density at radius 3 is 2.54 bits per heavy atom. The number of anilines is 4. The van der Waals surface area contributed by atoms with Crippen LogP contribution in [0.25, 0.3) is 0 Å². The van der Waals surface area contributed by atoms with E-state index in [4.69, 9.17) is 0 Å². The van der Waals surface area contributed by atoms with Crippen molar-refractivity contribution in [3.8, 4) is 0 Å². The highest BCUT2D eigenvalue weighted by atomic mass is 16.2. The first kappa shape index (κ1) is 19.1. The van der Waals surface area contributed by atoms with E-state index < -0.39 is 0 Å². The molecule has 8 heteroatoms. The van der Waals surface area contributed by atoms with Crippen LogP contribution in [0.15, 0.2) is 55.0 Å². The van der Waals surface area contributed by atoms with Crippen LogP contribution in [0.3, 0.4) is 0 Å². The number of pyridine rings is 1. The van der Waals surface area contributed by atoms with Crippen molar-refractivity contribution in [1.29, 1.82) is 0 Å². The minimum atomic E-state index is -0.244. The zero-order valence-electron chi connectivity index (χ0n) is 15.9. The monoisotopic (exact) mass is 377 g/mol. The maximum atomic E-state index is 12.0. The van der Waals surface area contributed by atoms with Crippen molar-refractivity contribution in [2.24, 2.45) is 0 Å². The molecule has 0 radical (unpaired) electrons. The van der Waals surface area contributed by atoms with Crippen LogP contribution < -0.4 is 21.3 Å². The van der Waals surface area contributed by atoms with E-state index in [9.17, 15) is 4.79 Å². The molecule has 8 nitrogen and oxygen atoms in total. The second-order valence-electron chi connectivity index (χ2n) is 6.25. The lowest BCUT2D eigenvalue weighted by Crippen LogP contribution is -2.32. The zero-order valence-corrected chi connectivity index (χ0v) is 15.9. The van der Waals surface area contributed by atoms with Crippen LogP contribution in [0.1, 0.15) is 11.1 Å². The first-order valence-corrected chi connectivity index (χ1v) is 8.96. The number of hydrogen-bond acceptors (Lipinski definition) is 6. The van der Waals surface area contributed by atoms with E-state index in [2.05, 4.69) is 36.2 Å². The molecule has 4 N–H and O–H groups in total. The van der Waals surface area contributed by atoms with E-state index in [0.717, 1.165) is 22.6 Å². The Labute approximate surface area is 163 Å². The third-order valence-corrected chi connectivity index (χ3v) is 3.95. The fourth-order valence-electron chi connectivity index (χ4n) is 2.50. The van der Waals surface area contributed by atoms with Gasteiger partial charge in [0.25, 0.3) is 0 Å². The summed E-state index contributed by atoms with van der Waals surface area (Å²) in [6.07, 6.45) is 3.21. The summed E-state index contributed by atoms with van der Waals surface area (Å²) in [4.78, 5) is 24.6. The maximum Gasteiger partial charge on any atom is 0.319 e. The Hall–Kier alpha value is -3.68. The molecule has 28 heavy (non-hydrogen) atoms. The molecule has 2 amide bonds. The van der Waals surface area contributed by atoms with E-state index in [1.165, 1.54) is 6.33 Å². The molecule has 2 heterocycles. The number of rotatable bonds is 7. The van der Waals surface area contributed by atoms with E-state index in [-0.39, 0.29) is 6.03 Å². The van der Waals surface area contributed by atoms with Crippen LogP contribution in [0, 0.1) is 13.8 Å². The molecule has 0 atom stereocenters. The van der Waals surface area contributed by atoms with Crippen LogP contribution >= 0.6 is 0 Å².